The van der Waals surface area contributed by atoms with Crippen molar-refractivity contribution in [1.82, 2.24) is 4.72 Å². The molecule has 0 bridgehead atoms. The fraction of sp³-hybridized carbons (Fsp3) is 0.875. The van der Waals surface area contributed by atoms with E-state index in [4.69, 9.17) is 0 Å². The average molecular weight is 175 g/mol. The first-order valence-electron chi connectivity index (χ1n) is 4.08. The van der Waals surface area contributed by atoms with Crippen molar-refractivity contribution in [2.75, 3.05) is 12.8 Å². The maximum Gasteiger partial charge on any atom is 0.132 e. The van der Waals surface area contributed by atoms with Crippen LogP contribution in [0, 0.1) is 0 Å². The summed E-state index contributed by atoms with van der Waals surface area (Å²) in [6.07, 6.45) is 5.59. The van der Waals surface area contributed by atoms with E-state index >= 15 is 0 Å². The van der Waals surface area contributed by atoms with E-state index < -0.39 is 0 Å². The summed E-state index contributed by atoms with van der Waals surface area (Å²) in [4.78, 5) is 10.8. The molecule has 0 rings (SSSR count). The van der Waals surface area contributed by atoms with E-state index in [1.165, 1.54) is 0 Å². The van der Waals surface area contributed by atoms with Crippen LogP contribution < -0.4 is 4.72 Å². The molecule has 66 valence electrons. The molecule has 2 nitrogen and oxygen atoms in total. The zero-order valence-electron chi connectivity index (χ0n) is 7.35. The number of carbonyl (C=O) groups is 1. The van der Waals surface area contributed by atoms with Gasteiger partial charge in [-0.15, -0.1) is 0 Å². The number of rotatable bonds is 7. The zero-order valence-corrected chi connectivity index (χ0v) is 8.17. The smallest absolute Gasteiger partial charge is 0.132 e. The molecule has 0 aliphatic carbocycles. The summed E-state index contributed by atoms with van der Waals surface area (Å²) in [7, 11) is 0. The maximum absolute atomic E-state index is 10.8. The van der Waals surface area contributed by atoms with Gasteiger partial charge >= 0.3 is 0 Å². The van der Waals surface area contributed by atoms with Crippen molar-refractivity contribution in [3.63, 3.8) is 0 Å². The third kappa shape index (κ3) is 7.88. The van der Waals surface area contributed by atoms with E-state index in [1.54, 1.807) is 11.9 Å². The molecule has 0 unspecified atom stereocenters. The van der Waals surface area contributed by atoms with E-state index in [9.17, 15) is 4.79 Å². The van der Waals surface area contributed by atoms with Crippen LogP contribution >= 0.6 is 11.9 Å². The lowest BCUT2D eigenvalue weighted by atomic mass is 10.1. The van der Waals surface area contributed by atoms with E-state index in [-0.39, 0.29) is 0 Å². The quantitative estimate of drug-likeness (QED) is 0.474. The minimum absolute atomic E-state index is 0.383. The molecular formula is C8H17NOS. The molecule has 0 saturated heterocycles. The van der Waals surface area contributed by atoms with Gasteiger partial charge in [0.1, 0.15) is 5.78 Å². The molecule has 0 amide bonds. The second-order valence-electron chi connectivity index (χ2n) is 2.45. The number of nitrogens with one attached hydrogen (secondary N) is 1. The number of Topliss-reactive ketones (excluding diaryl/α,β-unsaturated/α-hetero) is 1. The number of carbonyl (C=O) groups excluding carboxylic acids is 1. The first-order chi connectivity index (χ1) is 5.31. The monoisotopic (exact) mass is 175 g/mol. The van der Waals surface area contributed by atoms with Crippen LogP contribution in [0.4, 0.5) is 0 Å². The van der Waals surface area contributed by atoms with Crippen LogP contribution in [0.15, 0.2) is 0 Å². The van der Waals surface area contributed by atoms with Crippen LogP contribution in [-0.4, -0.2) is 18.6 Å². The summed E-state index contributed by atoms with van der Waals surface area (Å²) in [6, 6.07) is 0. The van der Waals surface area contributed by atoms with Gasteiger partial charge in [-0.3, -0.25) is 9.52 Å². The van der Waals surface area contributed by atoms with Gasteiger partial charge in [0.25, 0.3) is 0 Å². The minimum Gasteiger partial charge on any atom is -0.300 e. The molecule has 0 radical (unpaired) electrons. The lowest BCUT2D eigenvalue weighted by molar-refractivity contribution is -0.118. The minimum atomic E-state index is 0.383. The predicted molar refractivity (Wildman–Crippen MR) is 50.7 cm³/mol. The van der Waals surface area contributed by atoms with Crippen molar-refractivity contribution in [3.8, 4) is 0 Å². The topological polar surface area (TPSA) is 29.1 Å². The van der Waals surface area contributed by atoms with Gasteiger partial charge in [-0.1, -0.05) is 18.9 Å². The highest BCUT2D eigenvalue weighted by Gasteiger charge is 1.96. The van der Waals surface area contributed by atoms with Crippen LogP contribution in [0.3, 0.4) is 0 Å². The van der Waals surface area contributed by atoms with Gasteiger partial charge in [-0.25, -0.2) is 0 Å². The van der Waals surface area contributed by atoms with Gasteiger partial charge < -0.3 is 0 Å². The summed E-state index contributed by atoms with van der Waals surface area (Å²) in [5.74, 6) is 0.383. The number of hydrogen-bond acceptors (Lipinski definition) is 3. The van der Waals surface area contributed by atoms with Crippen LogP contribution in [-0.2, 0) is 4.79 Å². The average Bonchev–Trinajstić information content (AvgIpc) is 2.04. The Morgan fingerprint density at radius 2 is 2.18 bits per heavy atom. The standard InChI is InChI=1S/C8H17NOS/c1-3-8(10)6-4-5-7-9-11-2/h9H,3-7H2,1-2H3. The first kappa shape index (κ1) is 11.0. The summed E-state index contributed by atoms with van der Waals surface area (Å²) in [6.45, 7) is 2.93. The van der Waals surface area contributed by atoms with E-state index in [0.29, 0.717) is 12.2 Å². The molecule has 0 aromatic carbocycles. The van der Waals surface area contributed by atoms with Crippen molar-refractivity contribution in [3.05, 3.63) is 0 Å². The molecule has 3 heteroatoms. The highest BCUT2D eigenvalue weighted by Crippen LogP contribution is 1.98. The lowest BCUT2D eigenvalue weighted by Gasteiger charge is -1.99. The second-order valence-corrected chi connectivity index (χ2v) is 3.14. The number of hydrogen-bond donors (Lipinski definition) is 1. The van der Waals surface area contributed by atoms with Crippen molar-refractivity contribution < 1.29 is 4.79 Å². The van der Waals surface area contributed by atoms with E-state index in [1.807, 2.05) is 13.2 Å². The fourth-order valence-corrected chi connectivity index (χ4v) is 1.15. The molecule has 0 heterocycles. The molecule has 0 aliphatic heterocycles. The second kappa shape index (κ2) is 8.08. The van der Waals surface area contributed by atoms with Gasteiger partial charge in [0, 0.05) is 19.4 Å². The number of ketones is 1. The normalized spacial score (nSPS) is 10.0. The zero-order chi connectivity index (χ0) is 8.53. The lowest BCUT2D eigenvalue weighted by Crippen LogP contribution is -2.05. The molecule has 11 heavy (non-hydrogen) atoms. The Balaban J connectivity index is 2.95. The molecule has 0 fully saturated rings. The van der Waals surface area contributed by atoms with Crippen LogP contribution in [0.25, 0.3) is 0 Å². The number of unbranched alkanes of at least 4 members (excludes halogenated alkanes) is 1. The Kier molecular flexibility index (Phi) is 8.07. The molecule has 0 spiro atoms. The van der Waals surface area contributed by atoms with Crippen LogP contribution in [0.1, 0.15) is 32.6 Å². The van der Waals surface area contributed by atoms with Crippen molar-refractivity contribution in [2.24, 2.45) is 0 Å². The molecule has 0 atom stereocenters. The van der Waals surface area contributed by atoms with Crippen LogP contribution in [0.2, 0.25) is 0 Å². The largest absolute Gasteiger partial charge is 0.300 e. The van der Waals surface area contributed by atoms with Crippen molar-refractivity contribution >= 4 is 17.7 Å². The summed E-state index contributed by atoms with van der Waals surface area (Å²) < 4.78 is 3.15. The van der Waals surface area contributed by atoms with Crippen LogP contribution in [0.5, 0.6) is 0 Å². The Morgan fingerprint density at radius 3 is 2.73 bits per heavy atom. The molecule has 0 aliphatic rings. The molecule has 0 aromatic heterocycles. The third-order valence-electron chi connectivity index (χ3n) is 1.52. The SMILES string of the molecule is CCC(=O)CCCCNSC. The van der Waals surface area contributed by atoms with Crippen molar-refractivity contribution in [1.29, 1.82) is 0 Å². The fourth-order valence-electron chi connectivity index (χ4n) is 0.798. The highest BCUT2D eigenvalue weighted by molar-refractivity contribution is 7.96. The van der Waals surface area contributed by atoms with Gasteiger partial charge in [-0.2, -0.15) is 0 Å². The summed E-state index contributed by atoms with van der Waals surface area (Å²) in [5.41, 5.74) is 0. The van der Waals surface area contributed by atoms with Crippen molar-refractivity contribution in [2.45, 2.75) is 32.6 Å². The third-order valence-corrected chi connectivity index (χ3v) is 2.02. The Hall–Kier alpha value is -0.0200. The van der Waals surface area contributed by atoms with Gasteiger partial charge in [-0.05, 0) is 19.1 Å². The Bertz CT molecular complexity index is 106. The van der Waals surface area contributed by atoms with E-state index in [2.05, 4.69) is 4.72 Å². The molecule has 1 N–H and O–H groups in total. The summed E-state index contributed by atoms with van der Waals surface area (Å²) in [5, 5.41) is 0. The Morgan fingerprint density at radius 1 is 1.45 bits per heavy atom. The predicted octanol–water partition coefficient (Wildman–Crippen LogP) is 2.00. The maximum atomic E-state index is 10.8. The van der Waals surface area contributed by atoms with Gasteiger partial charge in [0.2, 0.25) is 0 Å². The van der Waals surface area contributed by atoms with E-state index in [0.717, 1.165) is 25.8 Å². The van der Waals surface area contributed by atoms with Gasteiger partial charge in [0.15, 0.2) is 0 Å². The molecule has 0 saturated carbocycles. The highest BCUT2D eigenvalue weighted by atomic mass is 32.2. The Labute approximate surface area is 73.3 Å². The summed E-state index contributed by atoms with van der Waals surface area (Å²) >= 11 is 1.63. The van der Waals surface area contributed by atoms with Gasteiger partial charge in [0.05, 0.1) is 0 Å². The molecular weight excluding hydrogens is 158 g/mol. The molecule has 0 aromatic rings. The first-order valence-corrected chi connectivity index (χ1v) is 5.31.